The Morgan fingerprint density at radius 1 is 1.05 bits per heavy atom. The molecule has 2 heteroatoms. The van der Waals surface area contributed by atoms with Crippen LogP contribution in [0.15, 0.2) is 24.3 Å². The molecule has 1 aromatic heterocycles. The maximum atomic E-state index is 5.82. The predicted octanol–water partition coefficient (Wildman–Crippen LogP) is 4.81. The van der Waals surface area contributed by atoms with Gasteiger partial charge in [-0.3, -0.25) is 0 Å². The van der Waals surface area contributed by atoms with Gasteiger partial charge >= 0.3 is 0 Å². The quantitative estimate of drug-likeness (QED) is 0.693. The molecule has 0 spiro atoms. The van der Waals surface area contributed by atoms with Crippen LogP contribution in [0.5, 0.6) is 5.88 Å². The van der Waals surface area contributed by atoms with Crippen LogP contribution >= 0.6 is 0 Å². The van der Waals surface area contributed by atoms with Crippen LogP contribution in [0.25, 0.3) is 10.9 Å². The second-order valence-corrected chi connectivity index (χ2v) is 5.22. The summed E-state index contributed by atoms with van der Waals surface area (Å²) < 4.78 is 5.82. The summed E-state index contributed by atoms with van der Waals surface area (Å²) in [5.74, 6) is 0.787. The number of aromatic nitrogens is 1. The maximum absolute atomic E-state index is 5.82. The first kappa shape index (κ1) is 13.9. The first-order valence-corrected chi connectivity index (χ1v) is 7.21. The van der Waals surface area contributed by atoms with Gasteiger partial charge in [0.1, 0.15) is 0 Å². The standard InChI is InChI=1S/C17H23NO/c1-4-5-6-7-10-19-17-14(3)12-15-9-8-13(2)11-16(15)18-17/h8-9,11-12H,4-7,10H2,1-3H3. The lowest BCUT2D eigenvalue weighted by Gasteiger charge is -2.09. The molecule has 0 unspecified atom stereocenters. The zero-order valence-corrected chi connectivity index (χ0v) is 12.2. The number of aryl methyl sites for hydroxylation is 2. The number of hydrogen-bond donors (Lipinski definition) is 0. The minimum absolute atomic E-state index is 0.769. The molecule has 0 radical (unpaired) electrons. The molecule has 0 atom stereocenters. The van der Waals surface area contributed by atoms with E-state index < -0.39 is 0 Å². The molecule has 2 nitrogen and oxygen atoms in total. The lowest BCUT2D eigenvalue weighted by molar-refractivity contribution is 0.293. The van der Waals surface area contributed by atoms with Gasteiger partial charge in [0.25, 0.3) is 0 Å². The lowest BCUT2D eigenvalue weighted by Crippen LogP contribution is -2.01. The first-order chi connectivity index (χ1) is 9.20. The molecule has 19 heavy (non-hydrogen) atoms. The molecule has 0 saturated carbocycles. The number of unbranched alkanes of at least 4 members (excludes halogenated alkanes) is 3. The van der Waals surface area contributed by atoms with Gasteiger partial charge in [0.15, 0.2) is 0 Å². The Morgan fingerprint density at radius 3 is 2.68 bits per heavy atom. The SMILES string of the molecule is CCCCCCOc1nc2cc(C)ccc2cc1C. The fourth-order valence-electron chi connectivity index (χ4n) is 2.21. The van der Waals surface area contributed by atoms with Gasteiger partial charge in [-0.25, -0.2) is 4.98 Å². The Hall–Kier alpha value is -1.57. The van der Waals surface area contributed by atoms with Crippen LogP contribution in [-0.2, 0) is 0 Å². The third-order valence-corrected chi connectivity index (χ3v) is 3.35. The highest BCUT2D eigenvalue weighted by Crippen LogP contribution is 2.22. The van der Waals surface area contributed by atoms with Crippen molar-refractivity contribution in [2.45, 2.75) is 46.5 Å². The van der Waals surface area contributed by atoms with Crippen molar-refractivity contribution in [3.63, 3.8) is 0 Å². The molecule has 1 heterocycles. The summed E-state index contributed by atoms with van der Waals surface area (Å²) in [7, 11) is 0. The van der Waals surface area contributed by atoms with Crippen molar-refractivity contribution in [3.05, 3.63) is 35.4 Å². The maximum Gasteiger partial charge on any atom is 0.216 e. The monoisotopic (exact) mass is 257 g/mol. The van der Waals surface area contributed by atoms with Crippen molar-refractivity contribution < 1.29 is 4.74 Å². The van der Waals surface area contributed by atoms with Crippen LogP contribution < -0.4 is 4.74 Å². The Morgan fingerprint density at radius 2 is 1.89 bits per heavy atom. The fourth-order valence-corrected chi connectivity index (χ4v) is 2.21. The van der Waals surface area contributed by atoms with Crippen LogP contribution in [0.4, 0.5) is 0 Å². The summed E-state index contributed by atoms with van der Waals surface area (Å²) >= 11 is 0. The average molecular weight is 257 g/mol. The van der Waals surface area contributed by atoms with E-state index in [2.05, 4.69) is 50.0 Å². The molecule has 102 valence electrons. The van der Waals surface area contributed by atoms with Gasteiger partial charge in [0.05, 0.1) is 12.1 Å². The summed E-state index contributed by atoms with van der Waals surface area (Å²) in [4.78, 5) is 4.63. The topological polar surface area (TPSA) is 22.1 Å². The smallest absolute Gasteiger partial charge is 0.216 e. The van der Waals surface area contributed by atoms with Gasteiger partial charge in [0.2, 0.25) is 5.88 Å². The van der Waals surface area contributed by atoms with E-state index >= 15 is 0 Å². The van der Waals surface area contributed by atoms with Crippen LogP contribution in [0, 0.1) is 13.8 Å². The Bertz CT molecular complexity index is 548. The van der Waals surface area contributed by atoms with Crippen molar-refractivity contribution in [1.82, 2.24) is 4.98 Å². The van der Waals surface area contributed by atoms with Gasteiger partial charge in [-0.05, 0) is 38.0 Å². The van der Waals surface area contributed by atoms with E-state index in [1.165, 1.54) is 30.2 Å². The minimum atomic E-state index is 0.769. The predicted molar refractivity (Wildman–Crippen MR) is 80.9 cm³/mol. The summed E-state index contributed by atoms with van der Waals surface area (Å²) in [6.45, 7) is 7.14. The summed E-state index contributed by atoms with van der Waals surface area (Å²) in [6, 6.07) is 8.51. The van der Waals surface area contributed by atoms with E-state index in [1.807, 2.05) is 0 Å². The van der Waals surface area contributed by atoms with Gasteiger partial charge in [0, 0.05) is 10.9 Å². The second kappa shape index (κ2) is 6.55. The molecular weight excluding hydrogens is 234 g/mol. The molecule has 0 fully saturated rings. The van der Waals surface area contributed by atoms with Crippen molar-refractivity contribution in [1.29, 1.82) is 0 Å². The zero-order valence-electron chi connectivity index (χ0n) is 12.2. The second-order valence-electron chi connectivity index (χ2n) is 5.22. The molecule has 0 bridgehead atoms. The molecule has 0 amide bonds. The molecule has 0 aliphatic carbocycles. The van der Waals surface area contributed by atoms with Crippen molar-refractivity contribution in [2.75, 3.05) is 6.61 Å². The minimum Gasteiger partial charge on any atom is -0.477 e. The van der Waals surface area contributed by atoms with E-state index in [4.69, 9.17) is 4.74 Å². The van der Waals surface area contributed by atoms with E-state index in [1.54, 1.807) is 0 Å². The molecule has 0 aliphatic heterocycles. The molecule has 2 rings (SSSR count). The van der Waals surface area contributed by atoms with Crippen molar-refractivity contribution in [3.8, 4) is 5.88 Å². The van der Waals surface area contributed by atoms with Gasteiger partial charge in [-0.15, -0.1) is 0 Å². The first-order valence-electron chi connectivity index (χ1n) is 7.21. The van der Waals surface area contributed by atoms with E-state index in [0.29, 0.717) is 0 Å². The molecule has 0 saturated heterocycles. The highest BCUT2D eigenvalue weighted by Gasteiger charge is 2.04. The van der Waals surface area contributed by atoms with Gasteiger partial charge in [-0.2, -0.15) is 0 Å². The van der Waals surface area contributed by atoms with Crippen LogP contribution in [0.3, 0.4) is 0 Å². The van der Waals surface area contributed by atoms with Crippen LogP contribution in [0.2, 0.25) is 0 Å². The number of nitrogens with zero attached hydrogens (tertiary/aromatic N) is 1. The van der Waals surface area contributed by atoms with Crippen LogP contribution in [-0.4, -0.2) is 11.6 Å². The van der Waals surface area contributed by atoms with E-state index in [9.17, 15) is 0 Å². The third-order valence-electron chi connectivity index (χ3n) is 3.35. The molecule has 1 aromatic carbocycles. The largest absolute Gasteiger partial charge is 0.477 e. The number of ether oxygens (including phenoxy) is 1. The Balaban J connectivity index is 2.07. The summed E-state index contributed by atoms with van der Waals surface area (Å²) in [5.41, 5.74) is 3.37. The highest BCUT2D eigenvalue weighted by molar-refractivity contribution is 5.80. The number of benzene rings is 1. The van der Waals surface area contributed by atoms with E-state index in [0.717, 1.165) is 30.0 Å². The normalized spacial score (nSPS) is 10.9. The summed E-state index contributed by atoms with van der Waals surface area (Å²) in [5, 5.41) is 1.18. The molecular formula is C17H23NO. The van der Waals surface area contributed by atoms with Gasteiger partial charge in [-0.1, -0.05) is 38.3 Å². The average Bonchev–Trinajstić information content (AvgIpc) is 2.39. The Labute approximate surface area is 115 Å². The van der Waals surface area contributed by atoms with Gasteiger partial charge < -0.3 is 4.74 Å². The molecule has 0 N–H and O–H groups in total. The fraction of sp³-hybridized carbons (Fsp3) is 0.471. The number of fused-ring (bicyclic) bond motifs is 1. The van der Waals surface area contributed by atoms with Crippen LogP contribution in [0.1, 0.15) is 43.7 Å². The third kappa shape index (κ3) is 3.69. The number of hydrogen-bond acceptors (Lipinski definition) is 2. The number of rotatable bonds is 6. The summed E-state index contributed by atoms with van der Waals surface area (Å²) in [6.07, 6.45) is 4.89. The lowest BCUT2D eigenvalue weighted by atomic mass is 10.1. The van der Waals surface area contributed by atoms with E-state index in [-0.39, 0.29) is 0 Å². The molecule has 0 aliphatic rings. The molecule has 2 aromatic rings. The zero-order chi connectivity index (χ0) is 13.7. The van der Waals surface area contributed by atoms with Crippen molar-refractivity contribution >= 4 is 10.9 Å². The van der Waals surface area contributed by atoms with Crippen molar-refractivity contribution in [2.24, 2.45) is 0 Å². The Kier molecular flexibility index (Phi) is 4.78. The highest BCUT2D eigenvalue weighted by atomic mass is 16.5. The number of pyridine rings is 1.